The van der Waals surface area contributed by atoms with E-state index in [0.29, 0.717) is 5.56 Å². The van der Waals surface area contributed by atoms with Crippen molar-refractivity contribution in [1.29, 1.82) is 0 Å². The van der Waals surface area contributed by atoms with Crippen LogP contribution < -0.4 is 10.1 Å². The van der Waals surface area contributed by atoms with E-state index in [1.54, 1.807) is 6.07 Å². The van der Waals surface area contributed by atoms with E-state index in [1.807, 2.05) is 0 Å². The Morgan fingerprint density at radius 1 is 1.29 bits per heavy atom. The van der Waals surface area contributed by atoms with Gasteiger partial charge in [0.05, 0.1) is 18.1 Å². The highest BCUT2D eigenvalue weighted by molar-refractivity contribution is 5.64. The maximum absolute atomic E-state index is 13.5. The molecule has 0 amide bonds. The maximum Gasteiger partial charge on any atom is 0.295 e. The number of nitro groups is 1. The van der Waals surface area contributed by atoms with Crippen LogP contribution in [-0.2, 0) is 6.54 Å². The van der Waals surface area contributed by atoms with Gasteiger partial charge in [-0.2, -0.15) is 0 Å². The van der Waals surface area contributed by atoms with Gasteiger partial charge in [0.25, 0.3) is 5.69 Å². The van der Waals surface area contributed by atoms with Crippen LogP contribution in [0.4, 0.5) is 20.2 Å². The van der Waals surface area contributed by atoms with Crippen LogP contribution in [0.1, 0.15) is 5.56 Å². The number of nitrogens with one attached hydrogen (secondary N) is 1. The number of hydrogen-bond donors (Lipinski definition) is 1. The lowest BCUT2D eigenvalue weighted by atomic mass is 10.2. The summed E-state index contributed by atoms with van der Waals surface area (Å²) in [6.07, 6.45) is 0. The molecular formula is C14H12F2N2O3. The molecule has 0 bridgehead atoms. The standard InChI is InChI=1S/C14H12F2N2O3/c1-21-14-7-12(13(18(19)20)6-11(14)16)17-8-9-3-2-4-10(15)5-9/h2-7,17H,8H2,1H3. The van der Waals surface area contributed by atoms with Gasteiger partial charge in [-0.3, -0.25) is 10.1 Å². The van der Waals surface area contributed by atoms with Crippen molar-refractivity contribution in [3.8, 4) is 5.75 Å². The molecule has 7 heteroatoms. The molecule has 2 aromatic rings. The van der Waals surface area contributed by atoms with Gasteiger partial charge in [-0.1, -0.05) is 12.1 Å². The number of rotatable bonds is 5. The third-order valence-electron chi connectivity index (χ3n) is 2.84. The van der Waals surface area contributed by atoms with E-state index in [1.165, 1.54) is 31.4 Å². The molecule has 2 aromatic carbocycles. The molecule has 0 saturated carbocycles. The van der Waals surface area contributed by atoms with Crippen molar-refractivity contribution in [2.75, 3.05) is 12.4 Å². The van der Waals surface area contributed by atoms with Gasteiger partial charge in [0.15, 0.2) is 11.6 Å². The first-order valence-corrected chi connectivity index (χ1v) is 6.01. The topological polar surface area (TPSA) is 64.4 Å². The normalized spacial score (nSPS) is 10.2. The number of anilines is 1. The summed E-state index contributed by atoms with van der Waals surface area (Å²) in [7, 11) is 1.26. The average Bonchev–Trinajstić information content (AvgIpc) is 2.45. The zero-order valence-corrected chi connectivity index (χ0v) is 11.1. The molecule has 0 radical (unpaired) electrons. The van der Waals surface area contributed by atoms with E-state index in [9.17, 15) is 18.9 Å². The monoisotopic (exact) mass is 294 g/mol. The predicted octanol–water partition coefficient (Wildman–Crippen LogP) is 3.49. The molecule has 0 heterocycles. The fourth-order valence-corrected chi connectivity index (χ4v) is 1.84. The van der Waals surface area contributed by atoms with Crippen molar-refractivity contribution in [3.63, 3.8) is 0 Å². The molecule has 2 rings (SSSR count). The highest BCUT2D eigenvalue weighted by Gasteiger charge is 2.18. The molecule has 0 aliphatic heterocycles. The van der Waals surface area contributed by atoms with Crippen molar-refractivity contribution in [2.24, 2.45) is 0 Å². The Morgan fingerprint density at radius 3 is 2.67 bits per heavy atom. The van der Waals surface area contributed by atoms with E-state index in [0.717, 1.165) is 6.07 Å². The summed E-state index contributed by atoms with van der Waals surface area (Å²) in [6.45, 7) is 0.160. The van der Waals surface area contributed by atoms with Crippen LogP contribution in [0.2, 0.25) is 0 Å². The summed E-state index contributed by atoms with van der Waals surface area (Å²) in [4.78, 5) is 10.2. The van der Waals surface area contributed by atoms with Crippen LogP contribution in [0.5, 0.6) is 5.75 Å². The van der Waals surface area contributed by atoms with Gasteiger partial charge in [0, 0.05) is 12.6 Å². The van der Waals surface area contributed by atoms with Crippen LogP contribution in [0.15, 0.2) is 36.4 Å². The van der Waals surface area contributed by atoms with Gasteiger partial charge in [-0.25, -0.2) is 8.78 Å². The lowest BCUT2D eigenvalue weighted by molar-refractivity contribution is -0.384. The number of nitrogens with zero attached hydrogens (tertiary/aromatic N) is 1. The van der Waals surface area contributed by atoms with Gasteiger partial charge >= 0.3 is 0 Å². The Bertz CT molecular complexity index is 677. The third kappa shape index (κ3) is 3.44. The number of benzene rings is 2. The summed E-state index contributed by atoms with van der Waals surface area (Å²) in [6, 6.07) is 7.79. The second-order valence-corrected chi connectivity index (χ2v) is 4.24. The summed E-state index contributed by atoms with van der Waals surface area (Å²) < 4.78 is 31.4. The van der Waals surface area contributed by atoms with Gasteiger partial charge in [-0.15, -0.1) is 0 Å². The smallest absolute Gasteiger partial charge is 0.295 e. The third-order valence-corrected chi connectivity index (χ3v) is 2.84. The molecule has 5 nitrogen and oxygen atoms in total. The largest absolute Gasteiger partial charge is 0.494 e. The van der Waals surface area contributed by atoms with Crippen molar-refractivity contribution >= 4 is 11.4 Å². The number of methoxy groups -OCH3 is 1. The van der Waals surface area contributed by atoms with Gasteiger partial charge < -0.3 is 10.1 Å². The van der Waals surface area contributed by atoms with E-state index in [-0.39, 0.29) is 18.0 Å². The zero-order chi connectivity index (χ0) is 15.4. The predicted molar refractivity (Wildman–Crippen MR) is 73.3 cm³/mol. The van der Waals surface area contributed by atoms with Crippen molar-refractivity contribution < 1.29 is 18.4 Å². The van der Waals surface area contributed by atoms with Gasteiger partial charge in [0.1, 0.15) is 11.5 Å². The first-order valence-electron chi connectivity index (χ1n) is 6.01. The number of hydrogen-bond acceptors (Lipinski definition) is 4. The summed E-state index contributed by atoms with van der Waals surface area (Å²) in [5.74, 6) is -1.33. The van der Waals surface area contributed by atoms with E-state index >= 15 is 0 Å². The minimum atomic E-state index is -0.819. The molecule has 0 fully saturated rings. The Morgan fingerprint density at radius 2 is 2.05 bits per heavy atom. The number of ether oxygens (including phenoxy) is 1. The lowest BCUT2D eigenvalue weighted by Crippen LogP contribution is -2.04. The lowest BCUT2D eigenvalue weighted by Gasteiger charge is -2.10. The van der Waals surface area contributed by atoms with Crippen LogP contribution in [-0.4, -0.2) is 12.0 Å². The molecule has 0 unspecified atom stereocenters. The molecule has 21 heavy (non-hydrogen) atoms. The highest BCUT2D eigenvalue weighted by Crippen LogP contribution is 2.32. The quantitative estimate of drug-likeness (QED) is 0.677. The van der Waals surface area contributed by atoms with Crippen molar-refractivity contribution in [2.45, 2.75) is 6.54 Å². The van der Waals surface area contributed by atoms with Crippen molar-refractivity contribution in [1.82, 2.24) is 0 Å². The Labute approximate surface area is 119 Å². The SMILES string of the molecule is COc1cc(NCc2cccc(F)c2)c([N+](=O)[O-])cc1F. The number of nitro benzene ring substituents is 1. The van der Waals surface area contributed by atoms with Crippen molar-refractivity contribution in [3.05, 3.63) is 63.7 Å². The van der Waals surface area contributed by atoms with Crippen LogP contribution in [0.3, 0.4) is 0 Å². The second-order valence-electron chi connectivity index (χ2n) is 4.24. The minimum Gasteiger partial charge on any atom is -0.494 e. The Hall–Kier alpha value is -2.70. The molecule has 1 N–H and O–H groups in total. The first-order chi connectivity index (χ1) is 10.0. The second kappa shape index (κ2) is 6.17. The van der Waals surface area contributed by atoms with E-state index in [4.69, 9.17) is 4.74 Å². The molecular weight excluding hydrogens is 282 g/mol. The maximum atomic E-state index is 13.5. The average molecular weight is 294 g/mol. The van der Waals surface area contributed by atoms with Gasteiger partial charge in [-0.05, 0) is 17.7 Å². The number of halogens is 2. The molecule has 0 spiro atoms. The molecule has 0 saturated heterocycles. The Kier molecular flexibility index (Phi) is 4.32. The summed E-state index contributed by atoms with van der Waals surface area (Å²) >= 11 is 0. The van der Waals surface area contributed by atoms with Crippen LogP contribution in [0.25, 0.3) is 0 Å². The van der Waals surface area contributed by atoms with Crippen LogP contribution in [0, 0.1) is 21.7 Å². The molecule has 0 aliphatic carbocycles. The fourth-order valence-electron chi connectivity index (χ4n) is 1.84. The highest BCUT2D eigenvalue weighted by atomic mass is 19.1. The first kappa shape index (κ1) is 14.7. The molecule has 110 valence electrons. The van der Waals surface area contributed by atoms with Crippen LogP contribution >= 0.6 is 0 Å². The Balaban J connectivity index is 2.27. The zero-order valence-electron chi connectivity index (χ0n) is 11.1. The summed E-state index contributed by atoms with van der Waals surface area (Å²) in [5, 5.41) is 13.7. The van der Waals surface area contributed by atoms with Gasteiger partial charge in [0.2, 0.25) is 0 Å². The van der Waals surface area contributed by atoms with E-state index < -0.39 is 22.2 Å². The fraction of sp³-hybridized carbons (Fsp3) is 0.143. The minimum absolute atomic E-state index is 0.0995. The molecule has 0 aromatic heterocycles. The molecule has 0 aliphatic rings. The van der Waals surface area contributed by atoms with E-state index in [2.05, 4.69) is 5.32 Å². The summed E-state index contributed by atoms with van der Waals surface area (Å²) in [5.41, 5.74) is 0.291. The molecule has 0 atom stereocenters.